The zero-order valence-corrected chi connectivity index (χ0v) is 10.6. The number of fused-ring (bicyclic) bond motifs is 2. The van der Waals surface area contributed by atoms with Crippen molar-refractivity contribution in [1.82, 2.24) is 5.32 Å². The molecule has 0 spiro atoms. The fourth-order valence-corrected chi connectivity index (χ4v) is 2.96. The van der Waals surface area contributed by atoms with Gasteiger partial charge in [0.1, 0.15) is 0 Å². The molecule has 2 fully saturated rings. The molecule has 2 nitrogen and oxygen atoms in total. The van der Waals surface area contributed by atoms with Crippen molar-refractivity contribution in [2.75, 3.05) is 6.54 Å². The summed E-state index contributed by atoms with van der Waals surface area (Å²) >= 11 is 0. The van der Waals surface area contributed by atoms with Crippen LogP contribution >= 0.6 is 0 Å². The molecule has 2 bridgehead atoms. The third-order valence-electron chi connectivity index (χ3n) is 4.33. The quantitative estimate of drug-likeness (QED) is 0.699. The first kappa shape index (κ1) is 12.1. The van der Waals surface area contributed by atoms with Gasteiger partial charge in [-0.15, -0.1) is 6.58 Å². The van der Waals surface area contributed by atoms with E-state index >= 15 is 0 Å². The summed E-state index contributed by atoms with van der Waals surface area (Å²) in [5.41, 5.74) is 0. The number of hydrogen-bond donors (Lipinski definition) is 1. The van der Waals surface area contributed by atoms with Gasteiger partial charge in [-0.3, -0.25) is 0 Å². The molecule has 0 saturated carbocycles. The molecule has 5 atom stereocenters. The van der Waals surface area contributed by atoms with Crippen LogP contribution in [-0.4, -0.2) is 24.8 Å². The number of allylic oxidation sites excluding steroid dienone is 1. The Bertz CT molecular complexity index is 241. The highest BCUT2D eigenvalue weighted by molar-refractivity contribution is 4.91. The Hall–Kier alpha value is -0.340. The Morgan fingerprint density at radius 2 is 2.25 bits per heavy atom. The van der Waals surface area contributed by atoms with Crippen LogP contribution in [0.2, 0.25) is 0 Å². The maximum atomic E-state index is 5.87. The maximum Gasteiger partial charge on any atom is 0.0621 e. The summed E-state index contributed by atoms with van der Waals surface area (Å²) in [6, 6.07) is 0.581. The average Bonchev–Trinajstić information content (AvgIpc) is 2.87. The summed E-state index contributed by atoms with van der Waals surface area (Å²) in [5.74, 6) is 1.44. The Balaban J connectivity index is 1.69. The summed E-state index contributed by atoms with van der Waals surface area (Å²) in [7, 11) is 0. The van der Waals surface area contributed by atoms with E-state index in [2.05, 4.69) is 25.7 Å². The van der Waals surface area contributed by atoms with Crippen LogP contribution in [0.3, 0.4) is 0 Å². The minimum absolute atomic E-state index is 0.555. The summed E-state index contributed by atoms with van der Waals surface area (Å²) in [6.07, 6.45) is 8.11. The molecular weight excluding hydrogens is 198 g/mol. The van der Waals surface area contributed by atoms with Gasteiger partial charge >= 0.3 is 0 Å². The summed E-state index contributed by atoms with van der Waals surface area (Å²) in [4.78, 5) is 0. The van der Waals surface area contributed by atoms with Gasteiger partial charge < -0.3 is 10.1 Å². The van der Waals surface area contributed by atoms with Crippen LogP contribution in [0.5, 0.6) is 0 Å². The van der Waals surface area contributed by atoms with Crippen molar-refractivity contribution in [3.05, 3.63) is 12.7 Å². The van der Waals surface area contributed by atoms with E-state index in [1.807, 2.05) is 6.08 Å². The normalized spacial score (nSPS) is 36.2. The fraction of sp³-hybridized carbons (Fsp3) is 0.857. The van der Waals surface area contributed by atoms with Gasteiger partial charge in [-0.05, 0) is 38.5 Å². The Morgan fingerprint density at radius 3 is 2.81 bits per heavy atom. The molecular formula is C14H25NO. The molecule has 2 rings (SSSR count). The highest BCUT2D eigenvalue weighted by atomic mass is 16.5. The van der Waals surface area contributed by atoms with Crippen LogP contribution in [0.15, 0.2) is 12.7 Å². The van der Waals surface area contributed by atoms with Crippen LogP contribution in [0.1, 0.15) is 39.5 Å². The Kier molecular flexibility index (Phi) is 4.04. The topological polar surface area (TPSA) is 21.3 Å². The van der Waals surface area contributed by atoms with Gasteiger partial charge in [-0.2, -0.15) is 0 Å². The zero-order valence-electron chi connectivity index (χ0n) is 10.6. The first-order valence-electron chi connectivity index (χ1n) is 6.70. The van der Waals surface area contributed by atoms with Crippen molar-refractivity contribution in [3.63, 3.8) is 0 Å². The molecule has 2 aliphatic rings. The lowest BCUT2D eigenvalue weighted by Gasteiger charge is -2.25. The SMILES string of the molecule is C=CCC(C)C(C)NCC1CC2CCC1O2. The molecule has 16 heavy (non-hydrogen) atoms. The Labute approximate surface area is 99.4 Å². The minimum atomic E-state index is 0.555. The molecule has 2 aliphatic heterocycles. The van der Waals surface area contributed by atoms with Crippen LogP contribution in [0.25, 0.3) is 0 Å². The second kappa shape index (κ2) is 5.33. The fourth-order valence-electron chi connectivity index (χ4n) is 2.96. The average molecular weight is 223 g/mol. The van der Waals surface area contributed by atoms with E-state index in [-0.39, 0.29) is 0 Å². The van der Waals surface area contributed by atoms with Gasteiger partial charge in [0.2, 0.25) is 0 Å². The number of rotatable bonds is 6. The summed E-state index contributed by atoms with van der Waals surface area (Å²) in [5, 5.41) is 3.67. The second-order valence-electron chi connectivity index (χ2n) is 5.57. The van der Waals surface area contributed by atoms with Crippen molar-refractivity contribution in [1.29, 1.82) is 0 Å². The molecule has 0 aliphatic carbocycles. The lowest BCUT2D eigenvalue weighted by Crippen LogP contribution is -2.38. The second-order valence-corrected chi connectivity index (χ2v) is 5.57. The molecule has 92 valence electrons. The van der Waals surface area contributed by atoms with Crippen LogP contribution in [0.4, 0.5) is 0 Å². The van der Waals surface area contributed by atoms with E-state index in [1.165, 1.54) is 19.3 Å². The standard InChI is InChI=1S/C14H25NO/c1-4-5-10(2)11(3)15-9-12-8-13-6-7-14(12)16-13/h4,10-15H,1,5-9H2,2-3H3. The van der Waals surface area contributed by atoms with E-state index < -0.39 is 0 Å². The Morgan fingerprint density at radius 1 is 1.44 bits per heavy atom. The monoisotopic (exact) mass is 223 g/mol. The number of nitrogens with one attached hydrogen (secondary N) is 1. The number of ether oxygens (including phenoxy) is 1. The number of hydrogen-bond acceptors (Lipinski definition) is 2. The highest BCUT2D eigenvalue weighted by Crippen LogP contribution is 2.38. The van der Waals surface area contributed by atoms with Crippen molar-refractivity contribution in [2.24, 2.45) is 11.8 Å². The molecule has 2 heteroatoms. The van der Waals surface area contributed by atoms with E-state index in [0.717, 1.165) is 18.9 Å². The molecule has 0 aromatic carbocycles. The molecule has 0 radical (unpaired) electrons. The molecule has 1 N–H and O–H groups in total. The first-order chi connectivity index (χ1) is 7.70. The van der Waals surface area contributed by atoms with Gasteiger partial charge in [0.15, 0.2) is 0 Å². The smallest absolute Gasteiger partial charge is 0.0621 e. The van der Waals surface area contributed by atoms with Crippen LogP contribution in [0, 0.1) is 11.8 Å². The van der Waals surface area contributed by atoms with Gasteiger partial charge in [0.05, 0.1) is 12.2 Å². The highest BCUT2D eigenvalue weighted by Gasteiger charge is 2.40. The van der Waals surface area contributed by atoms with E-state index in [1.54, 1.807) is 0 Å². The van der Waals surface area contributed by atoms with Crippen molar-refractivity contribution in [2.45, 2.75) is 57.8 Å². The van der Waals surface area contributed by atoms with Crippen molar-refractivity contribution in [3.8, 4) is 0 Å². The largest absolute Gasteiger partial charge is 0.375 e. The van der Waals surface area contributed by atoms with Gasteiger partial charge in [0, 0.05) is 18.5 Å². The predicted molar refractivity (Wildman–Crippen MR) is 67.4 cm³/mol. The van der Waals surface area contributed by atoms with E-state index in [0.29, 0.717) is 24.2 Å². The third kappa shape index (κ3) is 2.67. The van der Waals surface area contributed by atoms with Crippen molar-refractivity contribution < 1.29 is 4.74 Å². The summed E-state index contributed by atoms with van der Waals surface area (Å²) in [6.45, 7) is 9.50. The molecule has 0 amide bonds. The third-order valence-corrected chi connectivity index (χ3v) is 4.33. The lowest BCUT2D eigenvalue weighted by atomic mass is 9.88. The van der Waals surface area contributed by atoms with Crippen molar-refractivity contribution >= 4 is 0 Å². The minimum Gasteiger partial charge on any atom is -0.375 e. The molecule has 0 aromatic rings. The van der Waals surface area contributed by atoms with Gasteiger partial charge in [-0.25, -0.2) is 0 Å². The van der Waals surface area contributed by atoms with Gasteiger partial charge in [0.25, 0.3) is 0 Å². The predicted octanol–water partition coefficient (Wildman–Crippen LogP) is 2.74. The molecule has 0 aromatic heterocycles. The summed E-state index contributed by atoms with van der Waals surface area (Å²) < 4.78 is 5.87. The van der Waals surface area contributed by atoms with E-state index in [9.17, 15) is 0 Å². The van der Waals surface area contributed by atoms with Gasteiger partial charge in [-0.1, -0.05) is 13.0 Å². The lowest BCUT2D eigenvalue weighted by molar-refractivity contribution is 0.0917. The first-order valence-corrected chi connectivity index (χ1v) is 6.70. The zero-order chi connectivity index (χ0) is 11.5. The molecule has 5 unspecified atom stereocenters. The van der Waals surface area contributed by atoms with Crippen LogP contribution in [-0.2, 0) is 4.74 Å². The molecule has 2 saturated heterocycles. The maximum absolute atomic E-state index is 5.87. The van der Waals surface area contributed by atoms with Crippen LogP contribution < -0.4 is 5.32 Å². The van der Waals surface area contributed by atoms with E-state index in [4.69, 9.17) is 4.74 Å². The molecule has 2 heterocycles.